The summed E-state index contributed by atoms with van der Waals surface area (Å²) < 4.78 is 13.4. The molecule has 48 heavy (non-hydrogen) atoms. The van der Waals surface area contributed by atoms with Gasteiger partial charge in [0.2, 0.25) is 0 Å². The van der Waals surface area contributed by atoms with Crippen molar-refractivity contribution in [1.29, 1.82) is 0 Å². The minimum Gasteiger partial charge on any atom is -1.00 e. The Labute approximate surface area is 313 Å². The summed E-state index contributed by atoms with van der Waals surface area (Å²) >= 11 is 0. The molecule has 0 aliphatic carbocycles. The largest absolute Gasteiger partial charge is 1.00 e. The highest BCUT2D eigenvalue weighted by atomic mass is 79.9. The van der Waals surface area contributed by atoms with Crippen LogP contribution in [0.5, 0.6) is 0 Å². The number of nitrogens with zero attached hydrogens (tertiary/aromatic N) is 1. The number of rotatable bonds is 39. The number of allylic oxidation sites excluding steroid dienone is 4. The second kappa shape index (κ2) is 41.2. The van der Waals surface area contributed by atoms with Gasteiger partial charge in [-0.25, -0.2) is 0 Å². The first-order chi connectivity index (χ1) is 23.1. The molecule has 0 aromatic heterocycles. The molecule has 0 aromatic rings. The monoisotopic (exact) mass is 743 g/mol. The predicted octanol–water partition coefficient (Wildman–Crippen LogP) is 9.50. The van der Waals surface area contributed by atoms with E-state index in [9.17, 15) is 0 Å². The van der Waals surface area contributed by atoms with Gasteiger partial charge in [0, 0.05) is 19.8 Å². The van der Waals surface area contributed by atoms with Gasteiger partial charge in [0.05, 0.1) is 27.2 Å². The number of unbranched alkanes of at least 4 members (excludes halogenated alkanes) is 24. The first kappa shape index (κ1) is 49.9. The Kier molecular flexibility index (Phi) is 42.9. The Morgan fingerprint density at radius 3 is 1.25 bits per heavy atom. The van der Waals surface area contributed by atoms with Crippen LogP contribution in [0, 0.1) is 0 Å². The van der Waals surface area contributed by atoms with Gasteiger partial charge in [0.25, 0.3) is 0 Å². The second-order valence-corrected chi connectivity index (χ2v) is 15.1. The van der Waals surface area contributed by atoms with Gasteiger partial charge in [-0.3, -0.25) is 0 Å². The molecule has 0 saturated heterocycles. The summed E-state index contributed by atoms with van der Waals surface area (Å²) in [6.07, 6.45) is 47.3. The molecule has 1 atom stereocenters. The molecule has 2 N–H and O–H groups in total. The van der Waals surface area contributed by atoms with E-state index in [1.165, 1.54) is 173 Å². The molecular weight excluding hydrogens is 656 g/mol. The van der Waals surface area contributed by atoms with Crippen molar-refractivity contribution in [3.05, 3.63) is 24.3 Å². The van der Waals surface area contributed by atoms with Crippen molar-refractivity contribution >= 4 is 0 Å². The molecule has 1 unspecified atom stereocenters. The number of quaternary nitrogens is 1. The molecule has 0 saturated carbocycles. The Bertz CT molecular complexity index is 655. The van der Waals surface area contributed by atoms with Crippen molar-refractivity contribution in [3.8, 4) is 0 Å². The van der Waals surface area contributed by atoms with Crippen LogP contribution in [0.2, 0.25) is 0 Å². The van der Waals surface area contributed by atoms with Gasteiger partial charge < -0.3 is 36.7 Å². The highest BCUT2D eigenvalue weighted by Crippen LogP contribution is 2.13. The number of hydrogen-bond acceptors (Lipinski definition) is 3. The zero-order valence-electron chi connectivity index (χ0n) is 33.1. The van der Waals surface area contributed by atoms with E-state index in [4.69, 9.17) is 15.2 Å². The van der Waals surface area contributed by atoms with Gasteiger partial charge in [0.1, 0.15) is 12.6 Å². The predicted molar refractivity (Wildman–Crippen MR) is 210 cm³/mol. The van der Waals surface area contributed by atoms with Crippen LogP contribution in [0.3, 0.4) is 0 Å². The molecule has 0 rings (SSSR count). The molecule has 288 valence electrons. The summed E-state index contributed by atoms with van der Waals surface area (Å²) in [5.74, 6) is 0. The fraction of sp³-hybridized carbons (Fsp3) is 0.907. The maximum absolute atomic E-state index is 6.38. The Morgan fingerprint density at radius 1 is 0.500 bits per heavy atom. The Morgan fingerprint density at radius 2 is 0.854 bits per heavy atom. The van der Waals surface area contributed by atoms with E-state index in [0.29, 0.717) is 13.2 Å². The van der Waals surface area contributed by atoms with E-state index in [2.05, 4.69) is 52.2 Å². The van der Waals surface area contributed by atoms with Crippen LogP contribution < -0.4 is 22.7 Å². The standard InChI is InChI=1S/C43H87N2O2.BrH/c1-5-7-9-11-13-15-17-19-21-23-25-27-29-31-33-35-39-46-42-43(41-45(3,4)38-37-44)47-40-36-34-32-30-28-26-24-22-20-18-16-14-12-10-8-6-2;/h19-22,43H,5-18,23-42,44H2,1-4H3;1H/q+1;/p-1/b21-19-,22-20-;. The molecule has 0 amide bonds. The van der Waals surface area contributed by atoms with Crippen molar-refractivity contribution in [2.75, 3.05) is 53.6 Å². The topological polar surface area (TPSA) is 44.5 Å². The molecule has 0 heterocycles. The van der Waals surface area contributed by atoms with Crippen LogP contribution >= 0.6 is 0 Å². The third-order valence-electron chi connectivity index (χ3n) is 9.55. The smallest absolute Gasteiger partial charge is 0.130 e. The van der Waals surface area contributed by atoms with E-state index in [0.717, 1.165) is 37.2 Å². The van der Waals surface area contributed by atoms with Gasteiger partial charge in [0.15, 0.2) is 0 Å². The number of ether oxygens (including phenoxy) is 2. The summed E-state index contributed by atoms with van der Waals surface area (Å²) in [5.41, 5.74) is 5.89. The van der Waals surface area contributed by atoms with Crippen LogP contribution in [-0.4, -0.2) is 64.1 Å². The lowest BCUT2D eigenvalue weighted by Crippen LogP contribution is -3.00. The highest BCUT2D eigenvalue weighted by molar-refractivity contribution is 4.82. The second-order valence-electron chi connectivity index (χ2n) is 15.1. The number of hydrogen-bond donors (Lipinski definition) is 1. The minimum absolute atomic E-state index is 0. The van der Waals surface area contributed by atoms with E-state index in [-0.39, 0.29) is 23.1 Å². The molecule has 0 spiro atoms. The molecular formula is C43H87BrN2O2. The maximum atomic E-state index is 6.38. The lowest BCUT2D eigenvalue weighted by Gasteiger charge is -2.33. The van der Waals surface area contributed by atoms with E-state index in [1.807, 2.05) is 0 Å². The average molecular weight is 744 g/mol. The zero-order chi connectivity index (χ0) is 34.4. The molecule has 0 radical (unpaired) electrons. The third-order valence-corrected chi connectivity index (χ3v) is 9.55. The van der Waals surface area contributed by atoms with E-state index in [1.54, 1.807) is 0 Å². The molecule has 4 nitrogen and oxygen atoms in total. The molecule has 0 bridgehead atoms. The lowest BCUT2D eigenvalue weighted by atomic mass is 10.1. The van der Waals surface area contributed by atoms with Gasteiger partial charge >= 0.3 is 0 Å². The number of halogens is 1. The molecule has 0 aliphatic heterocycles. The van der Waals surface area contributed by atoms with E-state index < -0.39 is 0 Å². The summed E-state index contributed by atoms with van der Waals surface area (Å²) in [7, 11) is 4.52. The average Bonchev–Trinajstić information content (AvgIpc) is 3.05. The zero-order valence-corrected chi connectivity index (χ0v) is 34.7. The minimum atomic E-state index is 0. The maximum Gasteiger partial charge on any atom is 0.130 e. The van der Waals surface area contributed by atoms with Crippen molar-refractivity contribution in [2.24, 2.45) is 5.73 Å². The van der Waals surface area contributed by atoms with Crippen molar-refractivity contribution < 1.29 is 30.9 Å². The quantitative estimate of drug-likeness (QED) is 0.0388. The van der Waals surface area contributed by atoms with Crippen LogP contribution in [0.1, 0.15) is 194 Å². The first-order valence-electron chi connectivity index (χ1n) is 21.1. The van der Waals surface area contributed by atoms with Crippen molar-refractivity contribution in [3.63, 3.8) is 0 Å². The lowest BCUT2D eigenvalue weighted by molar-refractivity contribution is -0.892. The molecule has 0 aliphatic rings. The summed E-state index contributed by atoms with van der Waals surface area (Å²) in [6, 6.07) is 0. The van der Waals surface area contributed by atoms with Crippen molar-refractivity contribution in [2.45, 2.75) is 200 Å². The fourth-order valence-corrected chi connectivity index (χ4v) is 6.41. The van der Waals surface area contributed by atoms with Crippen LogP contribution in [0.15, 0.2) is 24.3 Å². The normalized spacial score (nSPS) is 12.8. The Hall–Kier alpha value is -0.200. The van der Waals surface area contributed by atoms with Gasteiger partial charge in [-0.15, -0.1) is 0 Å². The number of nitrogens with two attached hydrogens (primary N) is 1. The summed E-state index contributed by atoms with van der Waals surface area (Å²) in [5, 5.41) is 0. The molecule has 5 heteroatoms. The van der Waals surface area contributed by atoms with Crippen LogP contribution in [-0.2, 0) is 9.47 Å². The number of likely N-dealkylation sites (N-methyl/N-ethyl adjacent to an activating group) is 1. The summed E-state index contributed by atoms with van der Waals surface area (Å²) in [4.78, 5) is 0. The summed E-state index contributed by atoms with van der Waals surface area (Å²) in [6.45, 7) is 9.66. The molecule has 0 aromatic carbocycles. The highest BCUT2D eigenvalue weighted by Gasteiger charge is 2.22. The Balaban J connectivity index is 0. The van der Waals surface area contributed by atoms with Gasteiger partial charge in [-0.2, -0.15) is 0 Å². The van der Waals surface area contributed by atoms with Crippen LogP contribution in [0.4, 0.5) is 0 Å². The third kappa shape index (κ3) is 40.2. The van der Waals surface area contributed by atoms with Crippen molar-refractivity contribution in [1.82, 2.24) is 0 Å². The SMILES string of the molecule is CCCCCCCC/C=C\CCCCCCCCOCC(C[N+](C)(C)CCN)OCCCCCCCC/C=C\CCCCCCCC.[Br-]. The van der Waals surface area contributed by atoms with Gasteiger partial charge in [-0.05, 0) is 64.2 Å². The van der Waals surface area contributed by atoms with Crippen LogP contribution in [0.25, 0.3) is 0 Å². The first-order valence-corrected chi connectivity index (χ1v) is 21.1. The van der Waals surface area contributed by atoms with E-state index >= 15 is 0 Å². The molecule has 0 fully saturated rings. The fourth-order valence-electron chi connectivity index (χ4n) is 6.41. The van der Waals surface area contributed by atoms with Gasteiger partial charge in [-0.1, -0.05) is 154 Å².